The highest BCUT2D eigenvalue weighted by molar-refractivity contribution is 5.84. The molecule has 5 rings (SSSR count). The number of rotatable bonds is 3. The number of hydrogen-bond acceptors (Lipinski definition) is 5. The second-order valence-electron chi connectivity index (χ2n) is 6.25. The van der Waals surface area contributed by atoms with Gasteiger partial charge < -0.3 is 4.42 Å². The van der Waals surface area contributed by atoms with Crippen LogP contribution in [0.3, 0.4) is 0 Å². The highest BCUT2D eigenvalue weighted by atomic mass is 16.3. The molecule has 134 valence electrons. The first-order chi connectivity index (χ1) is 13.8. The van der Waals surface area contributed by atoms with Gasteiger partial charge in [0.2, 0.25) is 5.82 Å². The Balaban J connectivity index is 1.76. The van der Waals surface area contributed by atoms with Gasteiger partial charge in [-0.15, -0.1) is 0 Å². The number of aromatic nitrogens is 3. The van der Waals surface area contributed by atoms with Crippen LogP contribution in [0.15, 0.2) is 93.4 Å². The minimum atomic E-state index is -0.263. The normalized spacial score (nSPS) is 11.6. The molecule has 3 heterocycles. The van der Waals surface area contributed by atoms with Crippen LogP contribution < -0.4 is 5.56 Å². The standard InChI is InChI=1S/C22H14N4O2/c27-22-17-8-2-3-9-18(17)25-21(20-12-16-7-1-4-10-19(16)28-20)26(22)24-14-15-6-5-11-23-13-15/h1-14H. The third-order valence-corrected chi connectivity index (χ3v) is 4.41. The maximum Gasteiger partial charge on any atom is 0.282 e. The second kappa shape index (κ2) is 6.59. The molecule has 5 aromatic rings. The number of fused-ring (bicyclic) bond motifs is 2. The van der Waals surface area contributed by atoms with Crippen molar-refractivity contribution in [3.8, 4) is 11.6 Å². The SMILES string of the molecule is O=c1c2ccccc2nc(-c2cc3ccccc3o2)n1N=Cc1cccnc1. The number of hydrogen-bond donors (Lipinski definition) is 0. The van der Waals surface area contributed by atoms with Gasteiger partial charge >= 0.3 is 0 Å². The molecule has 0 unspecified atom stereocenters. The smallest absolute Gasteiger partial charge is 0.282 e. The predicted octanol–water partition coefficient (Wildman–Crippen LogP) is 4.09. The topological polar surface area (TPSA) is 73.3 Å². The zero-order valence-electron chi connectivity index (χ0n) is 14.7. The molecule has 3 aromatic heterocycles. The molecular weight excluding hydrogens is 352 g/mol. The Morgan fingerprint density at radius 3 is 2.71 bits per heavy atom. The summed E-state index contributed by atoms with van der Waals surface area (Å²) in [6.45, 7) is 0. The van der Waals surface area contributed by atoms with Crippen LogP contribution in [0.1, 0.15) is 5.56 Å². The van der Waals surface area contributed by atoms with Gasteiger partial charge in [-0.1, -0.05) is 36.4 Å². The van der Waals surface area contributed by atoms with Crippen LogP contribution in [0.5, 0.6) is 0 Å². The molecule has 0 aliphatic heterocycles. The molecule has 0 atom stereocenters. The van der Waals surface area contributed by atoms with E-state index in [1.165, 1.54) is 4.68 Å². The van der Waals surface area contributed by atoms with Crippen molar-refractivity contribution in [1.29, 1.82) is 0 Å². The molecule has 0 spiro atoms. The maximum atomic E-state index is 13.1. The molecule has 28 heavy (non-hydrogen) atoms. The van der Waals surface area contributed by atoms with Gasteiger partial charge in [-0.3, -0.25) is 9.78 Å². The number of furan rings is 1. The molecular formula is C22H14N4O2. The average molecular weight is 366 g/mol. The summed E-state index contributed by atoms with van der Waals surface area (Å²) in [4.78, 5) is 21.8. The molecule has 0 aliphatic rings. The van der Waals surface area contributed by atoms with Crippen LogP contribution in [0.2, 0.25) is 0 Å². The van der Waals surface area contributed by atoms with Crippen LogP contribution >= 0.6 is 0 Å². The Bertz CT molecular complexity index is 1350. The van der Waals surface area contributed by atoms with E-state index < -0.39 is 0 Å². The van der Waals surface area contributed by atoms with E-state index in [2.05, 4.69) is 15.1 Å². The van der Waals surface area contributed by atoms with E-state index in [9.17, 15) is 4.79 Å². The number of nitrogens with zero attached hydrogens (tertiary/aromatic N) is 4. The molecule has 0 aliphatic carbocycles. The van der Waals surface area contributed by atoms with Crippen molar-refractivity contribution in [2.75, 3.05) is 0 Å². The van der Waals surface area contributed by atoms with Crippen molar-refractivity contribution in [2.45, 2.75) is 0 Å². The molecule has 0 amide bonds. The van der Waals surface area contributed by atoms with E-state index in [-0.39, 0.29) is 5.56 Å². The maximum absolute atomic E-state index is 13.1. The van der Waals surface area contributed by atoms with E-state index >= 15 is 0 Å². The lowest BCUT2D eigenvalue weighted by Gasteiger charge is -2.07. The summed E-state index contributed by atoms with van der Waals surface area (Å²) in [6.07, 6.45) is 4.93. The quantitative estimate of drug-likeness (QED) is 0.451. The highest BCUT2D eigenvalue weighted by Gasteiger charge is 2.16. The van der Waals surface area contributed by atoms with E-state index in [4.69, 9.17) is 4.42 Å². The Labute approximate surface area is 159 Å². The van der Waals surface area contributed by atoms with Gasteiger partial charge in [0.1, 0.15) is 5.58 Å². The summed E-state index contributed by atoms with van der Waals surface area (Å²) in [6, 6.07) is 20.4. The van der Waals surface area contributed by atoms with Crippen molar-refractivity contribution in [3.05, 3.63) is 95.0 Å². The molecule has 0 radical (unpaired) electrons. The van der Waals surface area contributed by atoms with Gasteiger partial charge in [0.25, 0.3) is 5.56 Å². The molecule has 6 heteroatoms. The van der Waals surface area contributed by atoms with Crippen LogP contribution in [-0.2, 0) is 0 Å². The third kappa shape index (κ3) is 2.77. The lowest BCUT2D eigenvalue weighted by Crippen LogP contribution is -2.20. The first kappa shape index (κ1) is 16.1. The first-order valence-electron chi connectivity index (χ1n) is 8.75. The van der Waals surface area contributed by atoms with Gasteiger partial charge in [-0.05, 0) is 30.3 Å². The van der Waals surface area contributed by atoms with E-state index in [1.807, 2.05) is 48.5 Å². The van der Waals surface area contributed by atoms with E-state index in [0.29, 0.717) is 22.5 Å². The van der Waals surface area contributed by atoms with Crippen molar-refractivity contribution in [3.63, 3.8) is 0 Å². The zero-order valence-corrected chi connectivity index (χ0v) is 14.7. The largest absolute Gasteiger partial charge is 0.453 e. The Kier molecular flexibility index (Phi) is 3.80. The third-order valence-electron chi connectivity index (χ3n) is 4.41. The lowest BCUT2D eigenvalue weighted by molar-refractivity contribution is 0.616. The Morgan fingerprint density at radius 1 is 1.00 bits per heavy atom. The molecule has 0 bridgehead atoms. The fraction of sp³-hybridized carbons (Fsp3) is 0. The summed E-state index contributed by atoms with van der Waals surface area (Å²) in [5.74, 6) is 0.826. The molecule has 0 saturated heterocycles. The highest BCUT2D eigenvalue weighted by Crippen LogP contribution is 2.27. The fourth-order valence-electron chi connectivity index (χ4n) is 3.06. The monoisotopic (exact) mass is 366 g/mol. The summed E-state index contributed by atoms with van der Waals surface area (Å²) in [7, 11) is 0. The molecule has 0 saturated carbocycles. The van der Waals surface area contributed by atoms with Gasteiger partial charge in [0.05, 0.1) is 17.1 Å². The van der Waals surface area contributed by atoms with Gasteiger partial charge in [0, 0.05) is 23.3 Å². The fourth-order valence-corrected chi connectivity index (χ4v) is 3.06. The predicted molar refractivity (Wildman–Crippen MR) is 108 cm³/mol. The van der Waals surface area contributed by atoms with Gasteiger partial charge in [-0.2, -0.15) is 9.78 Å². The van der Waals surface area contributed by atoms with Gasteiger partial charge in [0.15, 0.2) is 5.76 Å². The molecule has 0 N–H and O–H groups in total. The first-order valence-corrected chi connectivity index (χ1v) is 8.75. The van der Waals surface area contributed by atoms with Crippen LogP contribution in [-0.4, -0.2) is 20.9 Å². The summed E-state index contributed by atoms with van der Waals surface area (Å²) in [5, 5.41) is 5.81. The van der Waals surface area contributed by atoms with Crippen molar-refractivity contribution in [1.82, 2.24) is 14.6 Å². The summed E-state index contributed by atoms with van der Waals surface area (Å²) < 4.78 is 7.21. The van der Waals surface area contributed by atoms with Crippen LogP contribution in [0.4, 0.5) is 0 Å². The number of benzene rings is 2. The summed E-state index contributed by atoms with van der Waals surface area (Å²) in [5.41, 5.74) is 1.83. The Morgan fingerprint density at radius 2 is 1.86 bits per heavy atom. The second-order valence-corrected chi connectivity index (χ2v) is 6.25. The molecule has 0 fully saturated rings. The minimum Gasteiger partial charge on any atom is -0.453 e. The van der Waals surface area contributed by atoms with E-state index in [1.54, 1.807) is 36.8 Å². The van der Waals surface area contributed by atoms with Crippen molar-refractivity contribution >= 4 is 28.1 Å². The number of para-hydroxylation sites is 2. The van der Waals surface area contributed by atoms with E-state index in [0.717, 1.165) is 16.5 Å². The van der Waals surface area contributed by atoms with Crippen LogP contribution in [0, 0.1) is 0 Å². The average Bonchev–Trinajstić information content (AvgIpc) is 3.18. The van der Waals surface area contributed by atoms with Crippen molar-refractivity contribution in [2.24, 2.45) is 5.10 Å². The summed E-state index contributed by atoms with van der Waals surface area (Å²) >= 11 is 0. The minimum absolute atomic E-state index is 0.263. The number of pyridine rings is 1. The molecule has 6 nitrogen and oxygen atoms in total. The van der Waals surface area contributed by atoms with Crippen LogP contribution in [0.25, 0.3) is 33.5 Å². The lowest BCUT2D eigenvalue weighted by atomic mass is 10.2. The van der Waals surface area contributed by atoms with Crippen molar-refractivity contribution < 1.29 is 4.42 Å². The molecule has 2 aromatic carbocycles. The Hall–Kier alpha value is -4.06. The zero-order chi connectivity index (χ0) is 18.9. The van der Waals surface area contributed by atoms with Gasteiger partial charge in [-0.25, -0.2) is 4.98 Å².